The smallest absolute Gasteiger partial charge is 0.261 e. The van der Waals surface area contributed by atoms with Crippen molar-refractivity contribution in [2.75, 3.05) is 27.7 Å². The van der Waals surface area contributed by atoms with Crippen LogP contribution in [0, 0.1) is 0 Å². The Labute approximate surface area is 198 Å². The van der Waals surface area contributed by atoms with Crippen molar-refractivity contribution in [1.29, 1.82) is 0 Å². The quantitative estimate of drug-likeness (QED) is 0.524. The minimum atomic E-state index is -0.316. The lowest BCUT2D eigenvalue weighted by Gasteiger charge is -2.25. The second-order valence-electron chi connectivity index (χ2n) is 8.41. The van der Waals surface area contributed by atoms with Crippen molar-refractivity contribution in [3.8, 4) is 5.75 Å². The molecule has 0 saturated carbocycles. The van der Waals surface area contributed by atoms with Crippen molar-refractivity contribution in [1.82, 2.24) is 15.1 Å². The minimum absolute atomic E-state index is 0.0172. The molecular formula is C27H27N3O4. The highest BCUT2D eigenvalue weighted by Crippen LogP contribution is 2.25. The van der Waals surface area contributed by atoms with E-state index in [-0.39, 0.29) is 30.3 Å². The summed E-state index contributed by atoms with van der Waals surface area (Å²) in [4.78, 5) is 41.5. The number of fused-ring (bicyclic) bond motifs is 1. The molecule has 7 nitrogen and oxygen atoms in total. The number of carbonyl (C=O) groups excluding carboxylic acids is 3. The number of hydrogen-bond donors (Lipinski definition) is 1. The number of benzene rings is 3. The van der Waals surface area contributed by atoms with Crippen molar-refractivity contribution in [3.63, 3.8) is 0 Å². The van der Waals surface area contributed by atoms with Gasteiger partial charge in [0.1, 0.15) is 5.75 Å². The molecule has 1 heterocycles. The van der Waals surface area contributed by atoms with Crippen molar-refractivity contribution in [3.05, 3.63) is 101 Å². The zero-order chi connectivity index (χ0) is 24.2. The second-order valence-corrected chi connectivity index (χ2v) is 8.41. The summed E-state index contributed by atoms with van der Waals surface area (Å²) >= 11 is 0. The van der Waals surface area contributed by atoms with Crippen molar-refractivity contribution in [2.45, 2.75) is 12.6 Å². The van der Waals surface area contributed by atoms with Gasteiger partial charge < -0.3 is 15.0 Å². The van der Waals surface area contributed by atoms with E-state index < -0.39 is 0 Å². The summed E-state index contributed by atoms with van der Waals surface area (Å²) in [6.07, 6.45) is 0. The molecule has 34 heavy (non-hydrogen) atoms. The summed E-state index contributed by atoms with van der Waals surface area (Å²) in [5.41, 5.74) is 3.07. The van der Waals surface area contributed by atoms with Crippen molar-refractivity contribution < 1.29 is 19.1 Å². The van der Waals surface area contributed by atoms with E-state index in [4.69, 9.17) is 4.74 Å². The molecule has 0 unspecified atom stereocenters. The lowest BCUT2D eigenvalue weighted by Crippen LogP contribution is -2.34. The summed E-state index contributed by atoms with van der Waals surface area (Å²) in [6, 6.07) is 21.6. The number of carbonyl (C=O) groups is 3. The SMILES string of the molecule is COc1ccc([C@@H](CNC(=O)c2cccc(CN3C(=O)c4ccccc4C3=O)c2)N(C)C)cc1. The van der Waals surface area contributed by atoms with Crippen LogP contribution in [-0.4, -0.2) is 55.3 Å². The second kappa shape index (κ2) is 9.89. The van der Waals surface area contributed by atoms with Gasteiger partial charge in [-0.3, -0.25) is 19.3 Å². The van der Waals surface area contributed by atoms with Crippen LogP contribution >= 0.6 is 0 Å². The fourth-order valence-corrected chi connectivity index (χ4v) is 4.09. The Kier molecular flexibility index (Phi) is 6.75. The van der Waals surface area contributed by atoms with Gasteiger partial charge >= 0.3 is 0 Å². The van der Waals surface area contributed by atoms with Crippen LogP contribution in [0.3, 0.4) is 0 Å². The van der Waals surface area contributed by atoms with Gasteiger partial charge in [0, 0.05) is 12.1 Å². The van der Waals surface area contributed by atoms with Gasteiger partial charge in [-0.15, -0.1) is 0 Å². The molecule has 3 aromatic carbocycles. The Morgan fingerprint density at radius 2 is 1.59 bits per heavy atom. The van der Waals surface area contributed by atoms with E-state index in [9.17, 15) is 14.4 Å². The number of nitrogens with one attached hydrogen (secondary N) is 1. The molecule has 1 aliphatic heterocycles. The van der Waals surface area contributed by atoms with E-state index in [1.165, 1.54) is 4.90 Å². The van der Waals surface area contributed by atoms with Gasteiger partial charge in [-0.1, -0.05) is 36.4 Å². The molecule has 0 aromatic heterocycles. The molecule has 174 valence electrons. The fourth-order valence-electron chi connectivity index (χ4n) is 4.09. The molecule has 3 aromatic rings. The molecule has 1 aliphatic rings. The topological polar surface area (TPSA) is 79.0 Å². The van der Waals surface area contributed by atoms with Gasteiger partial charge in [0.25, 0.3) is 17.7 Å². The van der Waals surface area contributed by atoms with Gasteiger partial charge in [0.15, 0.2) is 0 Å². The highest BCUT2D eigenvalue weighted by molar-refractivity contribution is 6.21. The van der Waals surface area contributed by atoms with E-state index in [1.807, 2.05) is 43.3 Å². The Morgan fingerprint density at radius 1 is 0.941 bits per heavy atom. The molecular weight excluding hydrogens is 430 g/mol. The minimum Gasteiger partial charge on any atom is -0.497 e. The van der Waals surface area contributed by atoms with Crippen molar-refractivity contribution >= 4 is 17.7 Å². The monoisotopic (exact) mass is 457 g/mol. The molecule has 0 spiro atoms. The van der Waals surface area contributed by atoms with Crippen LogP contribution < -0.4 is 10.1 Å². The van der Waals surface area contributed by atoms with Gasteiger partial charge in [-0.25, -0.2) is 0 Å². The number of rotatable bonds is 8. The number of likely N-dealkylation sites (N-methyl/N-ethyl adjacent to an activating group) is 1. The number of hydrogen-bond acceptors (Lipinski definition) is 5. The number of amides is 3. The van der Waals surface area contributed by atoms with Crippen LogP contribution in [0.25, 0.3) is 0 Å². The van der Waals surface area contributed by atoms with Crippen LogP contribution in [-0.2, 0) is 6.54 Å². The summed E-state index contributed by atoms with van der Waals surface area (Å²) in [5.74, 6) is -0.0720. The average molecular weight is 458 g/mol. The molecule has 1 N–H and O–H groups in total. The molecule has 0 bridgehead atoms. The average Bonchev–Trinajstić information content (AvgIpc) is 3.09. The summed E-state index contributed by atoms with van der Waals surface area (Å²) in [6.45, 7) is 0.528. The normalized spacial score (nSPS) is 13.7. The first-order valence-electron chi connectivity index (χ1n) is 11.0. The third kappa shape index (κ3) is 4.70. The number of imide groups is 1. The van der Waals surface area contributed by atoms with E-state index in [1.54, 1.807) is 55.6 Å². The first-order valence-corrected chi connectivity index (χ1v) is 11.0. The Bertz CT molecular complexity index is 1190. The molecule has 0 aliphatic carbocycles. The van der Waals surface area contributed by atoms with E-state index >= 15 is 0 Å². The Hall–Kier alpha value is -3.97. The number of nitrogens with zero attached hydrogens (tertiary/aromatic N) is 2. The lowest BCUT2D eigenvalue weighted by molar-refractivity contribution is 0.0642. The molecule has 0 saturated heterocycles. The third-order valence-corrected chi connectivity index (χ3v) is 5.99. The van der Waals surface area contributed by atoms with E-state index in [0.29, 0.717) is 28.8 Å². The van der Waals surface area contributed by atoms with Crippen LogP contribution in [0.1, 0.15) is 48.2 Å². The molecule has 3 amide bonds. The van der Waals surface area contributed by atoms with Gasteiger partial charge in [-0.2, -0.15) is 0 Å². The van der Waals surface area contributed by atoms with Crippen LogP contribution in [0.4, 0.5) is 0 Å². The van der Waals surface area contributed by atoms with Crippen LogP contribution in [0.2, 0.25) is 0 Å². The van der Waals surface area contributed by atoms with E-state index in [0.717, 1.165) is 11.3 Å². The predicted molar refractivity (Wildman–Crippen MR) is 129 cm³/mol. The molecule has 1 atom stereocenters. The zero-order valence-electron chi connectivity index (χ0n) is 19.4. The summed E-state index contributed by atoms with van der Waals surface area (Å²) in [5, 5.41) is 3.00. The largest absolute Gasteiger partial charge is 0.497 e. The molecule has 7 heteroatoms. The zero-order valence-corrected chi connectivity index (χ0v) is 19.4. The number of ether oxygens (including phenoxy) is 1. The Balaban J connectivity index is 1.43. The first kappa shape index (κ1) is 23.2. The lowest BCUT2D eigenvalue weighted by atomic mass is 10.1. The summed E-state index contributed by atoms with van der Waals surface area (Å²) < 4.78 is 5.23. The van der Waals surface area contributed by atoms with Crippen LogP contribution in [0.15, 0.2) is 72.8 Å². The third-order valence-electron chi connectivity index (χ3n) is 5.99. The maximum Gasteiger partial charge on any atom is 0.261 e. The van der Waals surface area contributed by atoms with Gasteiger partial charge in [0.05, 0.1) is 30.8 Å². The predicted octanol–water partition coefficient (Wildman–Crippen LogP) is 3.52. The number of methoxy groups -OCH3 is 1. The van der Waals surface area contributed by atoms with Crippen molar-refractivity contribution in [2.24, 2.45) is 0 Å². The van der Waals surface area contributed by atoms with Crippen LogP contribution in [0.5, 0.6) is 5.75 Å². The standard InChI is InChI=1S/C27H27N3O4/c1-29(2)24(19-11-13-21(34-3)14-12-19)16-28-25(31)20-8-6-7-18(15-20)17-30-26(32)22-9-4-5-10-23(22)27(30)33/h4-15,24H,16-17H2,1-3H3,(H,28,31)/t24-/m1/s1. The van der Waals surface area contributed by atoms with Gasteiger partial charge in [-0.05, 0) is 61.6 Å². The first-order chi connectivity index (χ1) is 16.4. The van der Waals surface area contributed by atoms with Gasteiger partial charge in [0.2, 0.25) is 0 Å². The molecule has 0 fully saturated rings. The summed E-state index contributed by atoms with van der Waals surface area (Å²) in [7, 11) is 5.55. The van der Waals surface area contributed by atoms with E-state index in [2.05, 4.69) is 5.32 Å². The highest BCUT2D eigenvalue weighted by Gasteiger charge is 2.35. The Morgan fingerprint density at radius 3 is 2.18 bits per heavy atom. The fraction of sp³-hybridized carbons (Fsp3) is 0.222. The molecule has 0 radical (unpaired) electrons. The molecule has 4 rings (SSSR count). The highest BCUT2D eigenvalue weighted by atomic mass is 16.5. The maximum atomic E-state index is 12.9. The maximum absolute atomic E-state index is 12.9.